The molecule has 0 bridgehead atoms. The molecule has 1 heterocycles. The molecule has 3 rings (SSSR count). The summed E-state index contributed by atoms with van der Waals surface area (Å²) in [6.07, 6.45) is 7.02. The number of esters is 1. The zero-order chi connectivity index (χ0) is 22.4. The van der Waals surface area contributed by atoms with Crippen LogP contribution in [0.5, 0.6) is 0 Å². The Kier molecular flexibility index (Phi) is 8.11. The molecule has 1 amide bonds. The minimum Gasteiger partial charge on any atom is -0.452 e. The number of rotatable bonds is 6. The van der Waals surface area contributed by atoms with Crippen molar-refractivity contribution < 1.29 is 22.7 Å². The summed E-state index contributed by atoms with van der Waals surface area (Å²) in [6.45, 7) is 5.05. The van der Waals surface area contributed by atoms with Crippen LogP contribution in [-0.4, -0.2) is 50.3 Å². The largest absolute Gasteiger partial charge is 0.452 e. The fourth-order valence-corrected chi connectivity index (χ4v) is 5.96. The Morgan fingerprint density at radius 2 is 1.65 bits per heavy atom. The van der Waals surface area contributed by atoms with Gasteiger partial charge in [0.05, 0.1) is 10.5 Å². The van der Waals surface area contributed by atoms with E-state index in [2.05, 4.69) is 19.2 Å². The first-order chi connectivity index (χ1) is 14.8. The average molecular weight is 451 g/mol. The molecule has 0 spiro atoms. The summed E-state index contributed by atoms with van der Waals surface area (Å²) >= 11 is 0. The maximum absolute atomic E-state index is 12.8. The zero-order valence-corrected chi connectivity index (χ0v) is 19.3. The molecule has 1 saturated heterocycles. The lowest BCUT2D eigenvalue weighted by atomic mass is 9.78. The number of hydrogen-bond donors (Lipinski definition) is 1. The van der Waals surface area contributed by atoms with Gasteiger partial charge in [-0.2, -0.15) is 4.31 Å². The molecule has 3 atom stereocenters. The van der Waals surface area contributed by atoms with E-state index in [1.54, 1.807) is 0 Å². The highest BCUT2D eigenvalue weighted by Gasteiger charge is 2.28. The first-order valence-electron chi connectivity index (χ1n) is 11.4. The summed E-state index contributed by atoms with van der Waals surface area (Å²) in [7, 11) is -3.56. The van der Waals surface area contributed by atoms with Crippen molar-refractivity contribution in [3.63, 3.8) is 0 Å². The molecule has 7 nitrogen and oxygen atoms in total. The topological polar surface area (TPSA) is 92.8 Å². The van der Waals surface area contributed by atoms with Gasteiger partial charge in [-0.05, 0) is 55.4 Å². The van der Waals surface area contributed by atoms with Crippen molar-refractivity contribution in [2.75, 3.05) is 19.7 Å². The van der Waals surface area contributed by atoms with Crippen molar-refractivity contribution in [3.8, 4) is 0 Å². The zero-order valence-electron chi connectivity index (χ0n) is 18.5. The van der Waals surface area contributed by atoms with Crippen LogP contribution in [0.2, 0.25) is 0 Å². The molecule has 0 radical (unpaired) electrons. The van der Waals surface area contributed by atoms with Gasteiger partial charge in [0.1, 0.15) is 0 Å². The Labute approximate surface area is 185 Å². The SMILES string of the molecule is C[C@H]1[C@@H](NC(=O)COC(=O)c2ccc(S(=O)(=O)N3CCCCCC3)cc2)CCC[C@@H]1C. The van der Waals surface area contributed by atoms with Gasteiger partial charge in [0.15, 0.2) is 6.61 Å². The fraction of sp³-hybridized carbons (Fsp3) is 0.652. The van der Waals surface area contributed by atoms with Crippen LogP contribution in [0, 0.1) is 11.8 Å². The van der Waals surface area contributed by atoms with E-state index in [0.717, 1.165) is 38.5 Å². The van der Waals surface area contributed by atoms with Crippen molar-refractivity contribution in [1.29, 1.82) is 0 Å². The van der Waals surface area contributed by atoms with Crippen molar-refractivity contribution in [1.82, 2.24) is 9.62 Å². The third kappa shape index (κ3) is 6.07. The summed E-state index contributed by atoms with van der Waals surface area (Å²) in [5.74, 6) is 0.0106. The highest BCUT2D eigenvalue weighted by atomic mass is 32.2. The van der Waals surface area contributed by atoms with Gasteiger partial charge in [0.25, 0.3) is 5.91 Å². The molecule has 31 heavy (non-hydrogen) atoms. The highest BCUT2D eigenvalue weighted by molar-refractivity contribution is 7.89. The fourth-order valence-electron chi connectivity index (χ4n) is 4.44. The standard InChI is InChI=1S/C23H34N2O5S/c1-17-8-7-9-21(18(17)2)24-22(26)16-30-23(27)19-10-12-20(13-11-19)31(28,29)25-14-5-3-4-6-15-25/h10-13,17-18,21H,3-9,14-16H2,1-2H3,(H,24,26)/t17-,18+,21-/m0/s1. The summed E-state index contributed by atoms with van der Waals surface area (Å²) < 4.78 is 32.3. The van der Waals surface area contributed by atoms with Gasteiger partial charge in [-0.1, -0.05) is 39.5 Å². The molecule has 1 aromatic rings. The van der Waals surface area contributed by atoms with Crippen molar-refractivity contribution >= 4 is 21.9 Å². The molecule has 172 valence electrons. The van der Waals surface area contributed by atoms with Crippen LogP contribution in [0.3, 0.4) is 0 Å². The van der Waals surface area contributed by atoms with Gasteiger partial charge < -0.3 is 10.1 Å². The second kappa shape index (κ2) is 10.6. The van der Waals surface area contributed by atoms with Crippen LogP contribution >= 0.6 is 0 Å². The first kappa shape index (κ1) is 23.7. The van der Waals surface area contributed by atoms with Gasteiger partial charge >= 0.3 is 5.97 Å². The average Bonchev–Trinajstić information content (AvgIpc) is 3.05. The predicted octanol–water partition coefficient (Wildman–Crippen LogP) is 3.35. The van der Waals surface area contributed by atoms with E-state index >= 15 is 0 Å². The minimum absolute atomic E-state index is 0.110. The number of nitrogens with zero attached hydrogens (tertiary/aromatic N) is 1. The van der Waals surface area contributed by atoms with Crippen molar-refractivity contribution in [3.05, 3.63) is 29.8 Å². The van der Waals surface area contributed by atoms with Crippen LogP contribution < -0.4 is 5.32 Å². The Hall–Kier alpha value is -1.93. The van der Waals surface area contributed by atoms with Crippen LogP contribution in [0.1, 0.15) is 69.2 Å². The molecule has 1 saturated carbocycles. The Morgan fingerprint density at radius 3 is 2.29 bits per heavy atom. The molecule has 1 N–H and O–H groups in total. The number of benzene rings is 1. The minimum atomic E-state index is -3.56. The molecule has 1 aliphatic carbocycles. The third-order valence-corrected chi connectivity index (χ3v) is 8.59. The lowest BCUT2D eigenvalue weighted by Gasteiger charge is -2.34. The lowest BCUT2D eigenvalue weighted by Crippen LogP contribution is -2.45. The second-order valence-corrected chi connectivity index (χ2v) is 10.8. The van der Waals surface area contributed by atoms with E-state index in [1.807, 2.05) is 0 Å². The molecule has 1 aromatic carbocycles. The maximum Gasteiger partial charge on any atom is 0.338 e. The van der Waals surface area contributed by atoms with Gasteiger partial charge in [0.2, 0.25) is 10.0 Å². The Bertz CT molecular complexity index is 860. The van der Waals surface area contributed by atoms with E-state index in [9.17, 15) is 18.0 Å². The van der Waals surface area contributed by atoms with Gasteiger partial charge in [-0.3, -0.25) is 4.79 Å². The van der Waals surface area contributed by atoms with Gasteiger partial charge in [-0.15, -0.1) is 0 Å². The monoisotopic (exact) mass is 450 g/mol. The normalized spacial score (nSPS) is 25.4. The van der Waals surface area contributed by atoms with Crippen molar-refractivity contribution in [2.24, 2.45) is 11.8 Å². The molecule has 8 heteroatoms. The Morgan fingerprint density at radius 1 is 1.00 bits per heavy atom. The summed E-state index contributed by atoms with van der Waals surface area (Å²) in [4.78, 5) is 24.7. The molecular formula is C23H34N2O5S. The van der Waals surface area contributed by atoms with E-state index in [-0.39, 0.29) is 29.0 Å². The van der Waals surface area contributed by atoms with E-state index in [0.29, 0.717) is 24.9 Å². The number of carbonyl (C=O) groups is 2. The number of ether oxygens (including phenoxy) is 1. The van der Waals surface area contributed by atoms with Crippen LogP contribution in [-0.2, 0) is 19.6 Å². The van der Waals surface area contributed by atoms with Crippen molar-refractivity contribution in [2.45, 2.75) is 69.7 Å². The number of nitrogens with one attached hydrogen (secondary N) is 1. The first-order valence-corrected chi connectivity index (χ1v) is 12.8. The van der Waals surface area contributed by atoms with Crippen LogP contribution in [0.25, 0.3) is 0 Å². The third-order valence-electron chi connectivity index (χ3n) is 6.68. The lowest BCUT2D eigenvalue weighted by molar-refractivity contribution is -0.125. The van der Waals surface area contributed by atoms with E-state index < -0.39 is 16.0 Å². The second-order valence-electron chi connectivity index (χ2n) is 8.86. The molecular weight excluding hydrogens is 416 g/mol. The smallest absolute Gasteiger partial charge is 0.338 e. The van der Waals surface area contributed by atoms with Gasteiger partial charge in [-0.25, -0.2) is 13.2 Å². The molecule has 0 aromatic heterocycles. The quantitative estimate of drug-likeness (QED) is 0.671. The number of amides is 1. The highest BCUT2D eigenvalue weighted by Crippen LogP contribution is 2.29. The Balaban J connectivity index is 1.53. The van der Waals surface area contributed by atoms with E-state index in [4.69, 9.17) is 4.74 Å². The number of sulfonamides is 1. The number of carbonyl (C=O) groups excluding carboxylic acids is 2. The molecule has 0 unspecified atom stereocenters. The van der Waals surface area contributed by atoms with Gasteiger partial charge in [0, 0.05) is 19.1 Å². The van der Waals surface area contributed by atoms with Crippen LogP contribution in [0.15, 0.2) is 29.2 Å². The molecule has 2 aliphatic rings. The summed E-state index contributed by atoms with van der Waals surface area (Å²) in [6, 6.07) is 5.86. The number of hydrogen-bond acceptors (Lipinski definition) is 5. The van der Waals surface area contributed by atoms with E-state index in [1.165, 1.54) is 35.0 Å². The maximum atomic E-state index is 12.8. The summed E-state index contributed by atoms with van der Waals surface area (Å²) in [5.41, 5.74) is 0.224. The predicted molar refractivity (Wildman–Crippen MR) is 118 cm³/mol. The van der Waals surface area contributed by atoms with Crippen LogP contribution in [0.4, 0.5) is 0 Å². The molecule has 2 fully saturated rings. The molecule has 1 aliphatic heterocycles. The summed E-state index contributed by atoms with van der Waals surface area (Å²) in [5, 5.41) is 2.98.